The molecule has 128 valence electrons. The highest BCUT2D eigenvalue weighted by molar-refractivity contribution is 6.37. The van der Waals surface area contributed by atoms with E-state index in [1.807, 2.05) is 31.2 Å². The number of hydrogen-bond donors (Lipinski definition) is 2. The highest BCUT2D eigenvalue weighted by Crippen LogP contribution is 2.35. The fourth-order valence-electron chi connectivity index (χ4n) is 2.08. The van der Waals surface area contributed by atoms with E-state index >= 15 is 0 Å². The summed E-state index contributed by atoms with van der Waals surface area (Å²) in [6, 6.07) is 10.6. The average Bonchev–Trinajstić information content (AvgIpc) is 3.08. The summed E-state index contributed by atoms with van der Waals surface area (Å²) in [7, 11) is 0. The summed E-state index contributed by atoms with van der Waals surface area (Å²) in [5.41, 5.74) is 2.50. The molecule has 0 spiro atoms. The number of hydrogen-bond acceptors (Lipinski definition) is 5. The number of phenolic OH excluding ortho intramolecular Hbond substituents is 1. The van der Waals surface area contributed by atoms with Crippen LogP contribution in [0.3, 0.4) is 0 Å². The van der Waals surface area contributed by atoms with Gasteiger partial charge < -0.3 is 14.8 Å². The lowest BCUT2D eigenvalue weighted by Crippen LogP contribution is -2.23. The fraction of sp³-hybridized carbons (Fsp3) is 0.118. The Morgan fingerprint density at radius 1 is 1.16 bits per heavy atom. The maximum Gasteiger partial charge on any atom is 0.309 e. The number of carbonyl (C=O) groups excluding carboxylic acids is 1. The second-order valence-electron chi connectivity index (χ2n) is 5.37. The normalized spacial score (nSPS) is 10.7. The Hall–Kier alpha value is -2.57. The number of phenols is 1. The molecule has 0 saturated carbocycles. The van der Waals surface area contributed by atoms with Gasteiger partial charge in [-0.25, -0.2) is 0 Å². The third kappa shape index (κ3) is 3.92. The van der Waals surface area contributed by atoms with Crippen LogP contribution in [0.15, 0.2) is 40.8 Å². The van der Waals surface area contributed by atoms with Crippen LogP contribution in [0.4, 0.5) is 0 Å². The van der Waals surface area contributed by atoms with Crippen molar-refractivity contribution in [1.29, 1.82) is 0 Å². The number of aryl methyl sites for hydroxylation is 1. The lowest BCUT2D eigenvalue weighted by atomic mass is 10.1. The SMILES string of the molecule is Cc1ccc(CNC(=O)c2nnc(-c3cc(Cl)c(O)c(Cl)c3)o2)cc1. The molecule has 3 rings (SSSR count). The van der Waals surface area contributed by atoms with E-state index in [0.29, 0.717) is 12.1 Å². The summed E-state index contributed by atoms with van der Waals surface area (Å²) in [6.07, 6.45) is 0. The summed E-state index contributed by atoms with van der Waals surface area (Å²) in [5, 5.41) is 19.9. The molecule has 2 aromatic carbocycles. The predicted octanol–water partition coefficient (Wildman–Crippen LogP) is 3.99. The Morgan fingerprint density at radius 3 is 2.44 bits per heavy atom. The first kappa shape index (κ1) is 17.3. The summed E-state index contributed by atoms with van der Waals surface area (Å²) >= 11 is 11.7. The van der Waals surface area contributed by atoms with Crippen molar-refractivity contribution in [2.24, 2.45) is 0 Å². The van der Waals surface area contributed by atoms with Crippen molar-refractivity contribution in [3.8, 4) is 17.2 Å². The van der Waals surface area contributed by atoms with Crippen molar-refractivity contribution in [3.63, 3.8) is 0 Å². The first-order chi connectivity index (χ1) is 11.9. The van der Waals surface area contributed by atoms with E-state index in [0.717, 1.165) is 11.1 Å². The van der Waals surface area contributed by atoms with Gasteiger partial charge in [-0.2, -0.15) is 0 Å². The van der Waals surface area contributed by atoms with Crippen LogP contribution in [0.1, 0.15) is 21.8 Å². The molecule has 0 bridgehead atoms. The van der Waals surface area contributed by atoms with E-state index in [1.165, 1.54) is 12.1 Å². The predicted molar refractivity (Wildman–Crippen MR) is 93.8 cm³/mol. The van der Waals surface area contributed by atoms with E-state index in [2.05, 4.69) is 15.5 Å². The zero-order valence-electron chi connectivity index (χ0n) is 13.1. The summed E-state index contributed by atoms with van der Waals surface area (Å²) < 4.78 is 5.36. The number of halogens is 2. The smallest absolute Gasteiger partial charge is 0.309 e. The summed E-state index contributed by atoms with van der Waals surface area (Å²) in [5.74, 6) is -0.829. The number of nitrogens with zero attached hydrogens (tertiary/aromatic N) is 2. The minimum Gasteiger partial charge on any atom is -0.505 e. The molecule has 2 N–H and O–H groups in total. The van der Waals surface area contributed by atoms with Gasteiger partial charge in [-0.1, -0.05) is 53.0 Å². The zero-order valence-corrected chi connectivity index (χ0v) is 14.6. The lowest BCUT2D eigenvalue weighted by molar-refractivity contribution is 0.0917. The van der Waals surface area contributed by atoms with Gasteiger partial charge >= 0.3 is 11.8 Å². The Balaban J connectivity index is 1.72. The van der Waals surface area contributed by atoms with Gasteiger partial charge in [0.05, 0.1) is 10.0 Å². The first-order valence-corrected chi connectivity index (χ1v) is 8.05. The number of aromatic hydroxyl groups is 1. The molecule has 25 heavy (non-hydrogen) atoms. The van der Waals surface area contributed by atoms with Gasteiger partial charge in [0.25, 0.3) is 0 Å². The number of carbonyl (C=O) groups is 1. The highest BCUT2D eigenvalue weighted by atomic mass is 35.5. The van der Waals surface area contributed by atoms with E-state index in [-0.39, 0.29) is 27.6 Å². The maximum absolute atomic E-state index is 12.1. The average molecular weight is 378 g/mol. The largest absolute Gasteiger partial charge is 0.505 e. The monoisotopic (exact) mass is 377 g/mol. The van der Waals surface area contributed by atoms with Crippen molar-refractivity contribution >= 4 is 29.1 Å². The van der Waals surface area contributed by atoms with Crippen molar-refractivity contribution in [3.05, 3.63) is 63.5 Å². The minimum absolute atomic E-state index is 0.0473. The molecule has 8 heteroatoms. The number of benzene rings is 2. The van der Waals surface area contributed by atoms with Gasteiger partial charge in [0, 0.05) is 12.1 Å². The molecule has 0 aliphatic rings. The molecule has 0 radical (unpaired) electrons. The van der Waals surface area contributed by atoms with Gasteiger partial charge in [-0.15, -0.1) is 10.2 Å². The van der Waals surface area contributed by atoms with Crippen molar-refractivity contribution < 1.29 is 14.3 Å². The van der Waals surface area contributed by atoms with Gasteiger partial charge in [0.1, 0.15) is 0 Å². The molecule has 0 aliphatic heterocycles. The quantitative estimate of drug-likeness (QED) is 0.717. The van der Waals surface area contributed by atoms with Crippen molar-refractivity contribution in [2.45, 2.75) is 13.5 Å². The minimum atomic E-state index is -0.490. The molecule has 6 nitrogen and oxygen atoms in total. The number of rotatable bonds is 4. The van der Waals surface area contributed by atoms with Crippen LogP contribution in [-0.4, -0.2) is 21.2 Å². The van der Waals surface area contributed by atoms with Gasteiger partial charge in [-0.3, -0.25) is 4.79 Å². The van der Waals surface area contributed by atoms with Crippen LogP contribution in [0.5, 0.6) is 5.75 Å². The topological polar surface area (TPSA) is 88.2 Å². The molecule has 0 aliphatic carbocycles. The standard InChI is InChI=1S/C17H13Cl2N3O3/c1-9-2-4-10(5-3-9)8-20-15(24)17-22-21-16(25-17)11-6-12(18)14(23)13(19)7-11/h2-7,23H,8H2,1H3,(H,20,24). The number of aromatic nitrogens is 2. The lowest BCUT2D eigenvalue weighted by Gasteiger charge is -2.03. The molecule has 0 unspecified atom stereocenters. The van der Waals surface area contributed by atoms with Gasteiger partial charge in [0.15, 0.2) is 5.75 Å². The molecule has 1 aromatic heterocycles. The van der Waals surface area contributed by atoms with E-state index < -0.39 is 5.91 Å². The zero-order chi connectivity index (χ0) is 18.0. The highest BCUT2D eigenvalue weighted by Gasteiger charge is 2.17. The molecular formula is C17H13Cl2N3O3. The molecule has 0 atom stereocenters. The summed E-state index contributed by atoms with van der Waals surface area (Å²) in [6.45, 7) is 2.33. The van der Waals surface area contributed by atoms with Crippen LogP contribution in [0.25, 0.3) is 11.5 Å². The van der Waals surface area contributed by atoms with Gasteiger partial charge in [0.2, 0.25) is 5.89 Å². The van der Waals surface area contributed by atoms with Crippen LogP contribution >= 0.6 is 23.2 Å². The Bertz CT molecular complexity index is 900. The van der Waals surface area contributed by atoms with Crippen molar-refractivity contribution in [2.75, 3.05) is 0 Å². The second-order valence-corrected chi connectivity index (χ2v) is 6.18. The molecule has 1 heterocycles. The molecule has 0 saturated heterocycles. The van der Waals surface area contributed by atoms with Gasteiger partial charge in [-0.05, 0) is 24.6 Å². The molecule has 1 amide bonds. The first-order valence-electron chi connectivity index (χ1n) is 7.29. The Morgan fingerprint density at radius 2 is 1.80 bits per heavy atom. The number of nitrogens with one attached hydrogen (secondary N) is 1. The van der Waals surface area contributed by atoms with E-state index in [1.54, 1.807) is 0 Å². The third-order valence-electron chi connectivity index (χ3n) is 3.46. The second kappa shape index (κ2) is 7.13. The van der Waals surface area contributed by atoms with Crippen LogP contribution < -0.4 is 5.32 Å². The van der Waals surface area contributed by atoms with E-state index in [9.17, 15) is 9.90 Å². The number of amides is 1. The Kier molecular flexibility index (Phi) is 4.92. The Labute approximate surface area is 153 Å². The third-order valence-corrected chi connectivity index (χ3v) is 4.03. The van der Waals surface area contributed by atoms with Crippen LogP contribution in [0, 0.1) is 6.92 Å². The van der Waals surface area contributed by atoms with Crippen LogP contribution in [0.2, 0.25) is 10.0 Å². The van der Waals surface area contributed by atoms with E-state index in [4.69, 9.17) is 27.6 Å². The molecular weight excluding hydrogens is 365 g/mol. The maximum atomic E-state index is 12.1. The molecule has 3 aromatic rings. The molecule has 0 fully saturated rings. The summed E-state index contributed by atoms with van der Waals surface area (Å²) in [4.78, 5) is 12.1. The van der Waals surface area contributed by atoms with Crippen molar-refractivity contribution in [1.82, 2.24) is 15.5 Å². The fourth-order valence-corrected chi connectivity index (χ4v) is 2.57. The van der Waals surface area contributed by atoms with Crippen LogP contribution in [-0.2, 0) is 6.54 Å².